The summed E-state index contributed by atoms with van der Waals surface area (Å²) in [5.41, 5.74) is 19.4. The van der Waals surface area contributed by atoms with Crippen LogP contribution in [0.25, 0.3) is 55.8 Å². The number of aromatic amines is 1. The van der Waals surface area contributed by atoms with Crippen LogP contribution in [-0.4, -0.2) is 126 Å². The standard InChI is InChI=1S/C24H23FN10O.C12H8Cl2FN3.C7H7N5O.C5H10N2.21H2/c1-3-11-4-13(25)6-15-18-21(28-20(11)15)29-24(30-23(18)35-9-16-17(10-35)19(16)26)36-14-5-12(7-27-8-14)22-31-32-33-34(22)2;1-16-8-3-5(15)2-7-6(8)4-9-10(7)11(13)18-12(14)17-9;1-12-7(9-10-11-12)5-2-6(13)4-8-3-5;6-5-3-1-7-2-4(3)5;;;;;;;;;;;;;;;;;;;;;/h4-8,16-17,19H,3,9-10,26H2,1-2H3,(H,28,29,30);2-3,16H,4H2,1H3;2-4,13H,1H3;3-5,7H,1-2,6H2;21*1H/t16-,17+,19?;;;3-,4+,5?;;;;;;;;;;;;;;;;;;;;;/i;;;;21*1+1D. The number of aromatic nitrogens is 15. The van der Waals surface area contributed by atoms with Crippen LogP contribution >= 0.6 is 23.2 Å². The number of nitrogens with two attached hydrogens (primary N) is 2. The molecule has 9 heterocycles. The Bertz CT molecular complexity index is 3680. The summed E-state index contributed by atoms with van der Waals surface area (Å²) in [7, 11) is 5.22. The number of halogens is 4. The third-order valence-corrected chi connectivity index (χ3v) is 14.5. The Hall–Kier alpha value is -7.64. The van der Waals surface area contributed by atoms with Gasteiger partial charge in [-0.25, -0.2) is 28.1 Å². The highest BCUT2D eigenvalue weighted by Gasteiger charge is 2.54. The lowest BCUT2D eigenvalue weighted by atomic mass is 10.1. The molecule has 74 heavy (non-hydrogen) atoms. The van der Waals surface area contributed by atoms with Crippen LogP contribution < -0.4 is 31.7 Å². The van der Waals surface area contributed by atoms with E-state index in [0.29, 0.717) is 70.5 Å². The summed E-state index contributed by atoms with van der Waals surface area (Å²) >= 11 is 11.9. The van der Waals surface area contributed by atoms with Gasteiger partial charge in [-0.2, -0.15) is 9.97 Å². The van der Waals surface area contributed by atoms with Crippen molar-refractivity contribution < 1.29 is 81.0 Å². The third kappa shape index (κ3) is 9.34. The van der Waals surface area contributed by atoms with Gasteiger partial charge in [0.15, 0.2) is 11.6 Å². The smallest absolute Gasteiger partial charge is 0.326 e. The van der Waals surface area contributed by atoms with E-state index >= 15 is 0 Å². The Morgan fingerprint density at radius 3 is 2.12 bits per heavy atom. The van der Waals surface area contributed by atoms with Crippen LogP contribution in [0.5, 0.6) is 17.5 Å². The van der Waals surface area contributed by atoms with Crippen LogP contribution in [-0.2, 0) is 26.9 Å². The number of hydrogen-bond donors (Lipinski definition) is 6. The zero-order chi connectivity index (χ0) is 93.5. The lowest BCUT2D eigenvalue weighted by molar-refractivity contribution is 0.442. The number of piperidine rings is 2. The number of nitrogens with zero attached hydrogens (tertiary/aromatic N) is 15. The number of nitrogens with one attached hydrogen (secondary N) is 3. The number of rotatable bonds is 7. The second-order valence-electron chi connectivity index (χ2n) is 18.6. The number of aromatic hydroxyl groups is 1. The molecular formula is C48H90Cl2F2N20O2. The van der Waals surface area contributed by atoms with Gasteiger partial charge in [0.1, 0.15) is 39.8 Å². The number of aryl methyl sites for hydroxylation is 3. The van der Waals surface area contributed by atoms with E-state index in [9.17, 15) is 8.78 Å². The number of anilines is 2. The molecule has 5 aliphatic rings. The predicted molar refractivity (Wildman–Crippen MR) is 316 cm³/mol. The SMILES string of the molecule is CCc1cc(F)cc2c1[nH]c1nc(Oc3cncc(-c4nnnn4C)c3)nc(N3C[C@@H]4C(N)[C@@H]4C3)c12.CNc1cc(F)cc2c1Cc1nc(Cl)nc(Cl)c1-2.Cn1nnnc1-c1cncc(O)c1.NC1[C@H]2CNC[C@@H]12.[2H][2H].[2H][2H].[2H][2H].[2H][2H].[2H][2H].[2H][2H].[2H][2H].[2H][2H].[2H][2H].[2H][2H].[2H][2H].[2H][2H].[2H][2H].[2H][2H].[2H][2H].[2H][2H].[2H][2H].[2H][2H].[2H][2H].[2H][2H].[2H][2H]. The van der Waals surface area contributed by atoms with Crippen molar-refractivity contribution >= 4 is 56.6 Å². The number of fused-ring (bicyclic) bond motifs is 8. The molecule has 0 spiro atoms. The van der Waals surface area contributed by atoms with E-state index in [4.69, 9.17) is 112 Å². The summed E-state index contributed by atoms with van der Waals surface area (Å²) in [5, 5.41) is 39.8. The highest BCUT2D eigenvalue weighted by Crippen LogP contribution is 2.48. The monoisotopic (exact) mass is 1130 g/mol. The van der Waals surface area contributed by atoms with Gasteiger partial charge in [0, 0.05) is 155 Å². The van der Waals surface area contributed by atoms with Gasteiger partial charge in [0.25, 0.3) is 0 Å². The summed E-state index contributed by atoms with van der Waals surface area (Å²) in [5.74, 6) is 4.39. The molecular weight excluding hydrogens is 998 g/mol. The summed E-state index contributed by atoms with van der Waals surface area (Å²) in [6, 6.07) is 10.3. The zero-order valence-electron chi connectivity index (χ0n) is 82.2. The molecule has 0 amide bonds. The van der Waals surface area contributed by atoms with Gasteiger partial charge in [0.2, 0.25) is 5.28 Å². The van der Waals surface area contributed by atoms with E-state index in [-0.39, 0.29) is 39.9 Å². The maximum atomic E-state index is 14.5. The summed E-state index contributed by atoms with van der Waals surface area (Å²) in [6.07, 6.45) is 7.44. The molecule has 9 aromatic rings. The number of pyridine rings is 2. The van der Waals surface area contributed by atoms with Gasteiger partial charge in [-0.1, -0.05) is 18.5 Å². The highest BCUT2D eigenvalue weighted by atomic mass is 35.5. The van der Waals surface area contributed by atoms with Gasteiger partial charge in [-0.05, 0) is 129 Å². The van der Waals surface area contributed by atoms with Crippen molar-refractivity contribution in [2.45, 2.75) is 31.8 Å². The molecule has 4 fully saturated rings. The van der Waals surface area contributed by atoms with E-state index in [2.05, 4.69) is 76.5 Å². The Morgan fingerprint density at radius 2 is 1.50 bits per heavy atom. The predicted octanol–water partition coefficient (Wildman–Crippen LogP) is 10.4. The molecule has 2 aromatic carbocycles. The number of H-pyrrole nitrogens is 1. The quantitative estimate of drug-likeness (QED) is 0.0639. The Morgan fingerprint density at radius 1 is 0.838 bits per heavy atom. The lowest BCUT2D eigenvalue weighted by Gasteiger charge is -2.21. The Kier molecular flexibility index (Phi) is 7.94. The average molecular weight is 1130 g/mol. The molecule has 26 heteroatoms. The third-order valence-electron chi connectivity index (χ3n) is 14.1. The minimum absolute atomic E-state index is 0.0977. The molecule has 6 atom stereocenters. The van der Waals surface area contributed by atoms with Gasteiger partial charge in [-0.15, -0.1) is 10.2 Å². The molecule has 3 aliphatic carbocycles. The molecule has 422 valence electrons. The number of tetrazole rings is 2. The zero-order valence-corrected chi connectivity index (χ0v) is 41.7. The maximum absolute atomic E-state index is 14.5. The van der Waals surface area contributed by atoms with Crippen molar-refractivity contribution in [1.29, 1.82) is 0 Å². The second-order valence-corrected chi connectivity index (χ2v) is 19.3. The largest absolute Gasteiger partial charge is 0.506 e. The molecule has 22 nitrogen and oxygen atoms in total. The van der Waals surface area contributed by atoms with Crippen molar-refractivity contribution in [2.75, 3.05) is 43.4 Å². The van der Waals surface area contributed by atoms with E-state index in [1.54, 1.807) is 68.7 Å². The van der Waals surface area contributed by atoms with E-state index in [1.165, 1.54) is 36.1 Å². The second kappa shape index (κ2) is 19.7. The molecule has 14 rings (SSSR count). The minimum atomic E-state index is -0.322. The fourth-order valence-electron chi connectivity index (χ4n) is 10.1. The summed E-state index contributed by atoms with van der Waals surface area (Å²) in [4.78, 5) is 31.2. The van der Waals surface area contributed by atoms with Crippen molar-refractivity contribution in [2.24, 2.45) is 49.2 Å². The van der Waals surface area contributed by atoms with Gasteiger partial charge < -0.3 is 41.8 Å². The van der Waals surface area contributed by atoms with Crippen molar-refractivity contribution in [1.82, 2.24) is 80.6 Å². The van der Waals surface area contributed by atoms with Crippen molar-refractivity contribution in [3.8, 4) is 51.4 Å². The first-order valence-electron chi connectivity index (χ1n) is 44.7. The van der Waals surface area contributed by atoms with Gasteiger partial charge >= 0.3 is 6.01 Å². The van der Waals surface area contributed by atoms with Crippen molar-refractivity contribution in [3.63, 3.8) is 0 Å². The number of ether oxygens (including phenoxy) is 1. The first-order valence-corrected chi connectivity index (χ1v) is 24.5. The van der Waals surface area contributed by atoms with E-state index in [1.807, 2.05) is 6.92 Å². The Labute approximate surface area is 495 Å². The van der Waals surface area contributed by atoms with Crippen LogP contribution in [0.15, 0.2) is 61.2 Å². The van der Waals surface area contributed by atoms with Crippen LogP contribution in [0.1, 0.15) is 86.1 Å². The molecule has 8 N–H and O–H groups in total. The Balaban J connectivity index is -0.000000131. The van der Waals surface area contributed by atoms with Gasteiger partial charge in [0.05, 0.1) is 29.0 Å². The van der Waals surface area contributed by atoms with E-state index in [0.717, 1.165) is 75.1 Å². The van der Waals surface area contributed by atoms with Crippen LogP contribution in [0, 0.1) is 35.3 Å². The van der Waals surface area contributed by atoms with Gasteiger partial charge in [-0.3, -0.25) is 9.97 Å². The maximum Gasteiger partial charge on any atom is 0.326 e. The fourth-order valence-corrected chi connectivity index (χ4v) is 10.7. The van der Waals surface area contributed by atoms with Crippen molar-refractivity contribution in [3.05, 3.63) is 100 Å². The topological polar surface area (TPSA) is 289 Å². The van der Waals surface area contributed by atoms with Crippen LogP contribution in [0.3, 0.4) is 0 Å². The highest BCUT2D eigenvalue weighted by molar-refractivity contribution is 6.34. The summed E-state index contributed by atoms with van der Waals surface area (Å²) < 4.78 is 247. The van der Waals surface area contributed by atoms with E-state index < -0.39 is 0 Å². The summed E-state index contributed by atoms with van der Waals surface area (Å²) in [6.45, 7) is 5.95. The first kappa shape index (κ1) is 29.9. The van der Waals surface area contributed by atoms with Crippen LogP contribution in [0.2, 0.25) is 10.4 Å². The molecule has 2 unspecified atom stereocenters. The normalized spacial score (nSPS) is 22.6. The molecule has 2 saturated carbocycles. The molecule has 2 saturated heterocycles. The average Bonchev–Trinajstić information content (AvgIpc) is 1.57. The van der Waals surface area contributed by atoms with Crippen LogP contribution in [0.4, 0.5) is 20.3 Å². The molecule has 2 aliphatic heterocycles. The fraction of sp³-hybridized carbons (Fsp3) is 0.333. The molecule has 0 radical (unpaired) electrons. The molecule has 0 bridgehead atoms. The lowest BCUT2D eigenvalue weighted by Crippen LogP contribution is -2.29. The number of hydrogen-bond acceptors (Lipinski definition) is 19. The number of benzene rings is 2. The first-order chi connectivity index (χ1) is 56.8. The molecule has 7 aromatic heterocycles. The minimum Gasteiger partial charge on any atom is -0.506 e.